The molecule has 0 amide bonds. The van der Waals surface area contributed by atoms with E-state index in [2.05, 4.69) is 148 Å². The lowest BCUT2D eigenvalue weighted by atomic mass is 10.00. The zero-order chi connectivity index (χ0) is 34.4. The summed E-state index contributed by atoms with van der Waals surface area (Å²) >= 11 is 0. The number of rotatable bonds is 2. The molecule has 5 aromatic heterocycles. The minimum atomic E-state index is 0.662. The molecule has 0 saturated heterocycles. The van der Waals surface area contributed by atoms with Gasteiger partial charge in [-0.05, 0) is 52.6 Å². The van der Waals surface area contributed by atoms with Gasteiger partial charge in [-0.25, -0.2) is 9.97 Å². The predicted octanol–water partition coefficient (Wildman–Crippen LogP) is 12.6. The van der Waals surface area contributed by atoms with Crippen molar-refractivity contribution >= 4 is 104 Å². The molecule has 0 unspecified atom stereocenters. The Kier molecular flexibility index (Phi) is 5.06. The third-order valence-electron chi connectivity index (χ3n) is 11.4. The Morgan fingerprint density at radius 3 is 2.02 bits per heavy atom. The molecule has 0 atom stereocenters. The van der Waals surface area contributed by atoms with Crippen LogP contribution in [0.1, 0.15) is 0 Å². The molecular formula is C48H26N4O. The summed E-state index contributed by atoms with van der Waals surface area (Å²) in [7, 11) is 0. The van der Waals surface area contributed by atoms with E-state index in [1.54, 1.807) is 0 Å². The fourth-order valence-corrected chi connectivity index (χ4v) is 9.18. The molecule has 0 aliphatic carbocycles. The Balaban J connectivity index is 1.25. The van der Waals surface area contributed by atoms with Crippen molar-refractivity contribution in [3.05, 3.63) is 158 Å². The summed E-state index contributed by atoms with van der Waals surface area (Å²) in [5.41, 5.74) is 9.09. The quantitative estimate of drug-likeness (QED) is 0.183. The Labute approximate surface area is 300 Å². The smallest absolute Gasteiger partial charge is 0.197 e. The Morgan fingerprint density at radius 2 is 1.13 bits per heavy atom. The van der Waals surface area contributed by atoms with Crippen molar-refractivity contribution in [3.63, 3.8) is 0 Å². The van der Waals surface area contributed by atoms with Crippen LogP contribution in [-0.4, -0.2) is 18.9 Å². The van der Waals surface area contributed by atoms with E-state index < -0.39 is 0 Å². The van der Waals surface area contributed by atoms with Crippen molar-refractivity contribution in [2.24, 2.45) is 0 Å². The molecule has 8 aromatic carbocycles. The van der Waals surface area contributed by atoms with Crippen molar-refractivity contribution in [2.75, 3.05) is 0 Å². The van der Waals surface area contributed by atoms with Gasteiger partial charge in [-0.15, -0.1) is 0 Å². The van der Waals surface area contributed by atoms with Gasteiger partial charge >= 0.3 is 0 Å². The summed E-state index contributed by atoms with van der Waals surface area (Å²) < 4.78 is 11.6. The molecule has 0 aliphatic heterocycles. The van der Waals surface area contributed by atoms with Gasteiger partial charge in [-0.1, -0.05) is 121 Å². The number of fused-ring (bicyclic) bond motifs is 16. The molecule has 0 radical (unpaired) electrons. The fraction of sp³-hybridized carbons (Fsp3) is 0. The third kappa shape index (κ3) is 3.46. The van der Waals surface area contributed by atoms with Crippen molar-refractivity contribution < 1.29 is 4.42 Å². The van der Waals surface area contributed by atoms with Gasteiger partial charge < -0.3 is 8.82 Å². The summed E-state index contributed by atoms with van der Waals surface area (Å²) in [6.45, 7) is 0. The second-order valence-electron chi connectivity index (χ2n) is 14.1. The number of aromatic nitrogens is 4. The van der Waals surface area contributed by atoms with E-state index >= 15 is 0 Å². The number of furan rings is 1. The van der Waals surface area contributed by atoms with E-state index in [1.807, 2.05) is 18.2 Å². The number of hydrogen-bond acceptors (Lipinski definition) is 3. The van der Waals surface area contributed by atoms with Crippen LogP contribution < -0.4 is 0 Å². The van der Waals surface area contributed by atoms with E-state index in [9.17, 15) is 0 Å². The molecule has 5 nitrogen and oxygen atoms in total. The van der Waals surface area contributed by atoms with Crippen LogP contribution in [0.3, 0.4) is 0 Å². The van der Waals surface area contributed by atoms with Gasteiger partial charge in [0, 0.05) is 48.7 Å². The maximum absolute atomic E-state index is 6.73. The standard InChI is InChI=1S/C48H26N4O/c1-2-13-29-25-30(22-21-27(29)11-1)47-49-43-34-17-7-10-20-40(34)53-46(43)48(50-47)51-38-19-9-6-16-33(38)41-39(51)26-36-32-15-5-8-18-37(32)52-44-31-14-4-3-12-28(31)23-24-35(44)42(41)45(36)52/h1-26H. The molecule has 0 spiro atoms. The highest BCUT2D eigenvalue weighted by Gasteiger charge is 2.27. The van der Waals surface area contributed by atoms with Crippen molar-refractivity contribution in [3.8, 4) is 17.2 Å². The van der Waals surface area contributed by atoms with Gasteiger partial charge in [0.1, 0.15) is 11.1 Å². The van der Waals surface area contributed by atoms with Crippen LogP contribution in [-0.2, 0) is 0 Å². The summed E-state index contributed by atoms with van der Waals surface area (Å²) in [5, 5.41) is 13.1. The second-order valence-corrected chi connectivity index (χ2v) is 14.1. The number of para-hydroxylation sites is 3. The monoisotopic (exact) mass is 674 g/mol. The maximum atomic E-state index is 6.73. The average Bonchev–Trinajstić information content (AvgIpc) is 3.95. The highest BCUT2D eigenvalue weighted by molar-refractivity contribution is 6.37. The largest absolute Gasteiger partial charge is 0.450 e. The van der Waals surface area contributed by atoms with Gasteiger partial charge in [0.2, 0.25) is 0 Å². The first-order valence-corrected chi connectivity index (χ1v) is 18.0. The molecule has 0 fully saturated rings. The molecule has 244 valence electrons. The average molecular weight is 675 g/mol. The first-order chi connectivity index (χ1) is 26.3. The molecule has 13 rings (SSSR count). The Bertz CT molecular complexity index is 3700. The van der Waals surface area contributed by atoms with Gasteiger partial charge in [0.25, 0.3) is 0 Å². The molecular weight excluding hydrogens is 649 g/mol. The molecule has 0 bridgehead atoms. The molecule has 5 heteroatoms. The summed E-state index contributed by atoms with van der Waals surface area (Å²) in [4.78, 5) is 10.7. The number of nitrogens with zero attached hydrogens (tertiary/aromatic N) is 4. The van der Waals surface area contributed by atoms with Crippen LogP contribution >= 0.6 is 0 Å². The lowest BCUT2D eigenvalue weighted by molar-refractivity contribution is 0.662. The number of benzene rings is 8. The first-order valence-electron chi connectivity index (χ1n) is 18.0. The summed E-state index contributed by atoms with van der Waals surface area (Å²) in [5.74, 6) is 1.39. The lowest BCUT2D eigenvalue weighted by Crippen LogP contribution is -2.02. The minimum absolute atomic E-state index is 0.662. The highest BCUT2D eigenvalue weighted by Crippen LogP contribution is 2.48. The van der Waals surface area contributed by atoms with E-state index in [0.29, 0.717) is 11.4 Å². The topological polar surface area (TPSA) is 48.3 Å². The molecule has 13 aromatic rings. The van der Waals surface area contributed by atoms with Crippen molar-refractivity contribution in [2.45, 2.75) is 0 Å². The summed E-state index contributed by atoms with van der Waals surface area (Å²) in [6.07, 6.45) is 0. The van der Waals surface area contributed by atoms with Gasteiger partial charge in [0.05, 0.1) is 27.6 Å². The second kappa shape index (κ2) is 9.75. The van der Waals surface area contributed by atoms with Crippen LogP contribution in [0.5, 0.6) is 0 Å². The van der Waals surface area contributed by atoms with Crippen LogP contribution in [0.4, 0.5) is 0 Å². The Morgan fingerprint density at radius 1 is 0.434 bits per heavy atom. The first kappa shape index (κ1) is 27.5. The van der Waals surface area contributed by atoms with E-state index in [1.165, 1.54) is 65.0 Å². The maximum Gasteiger partial charge on any atom is 0.197 e. The third-order valence-corrected chi connectivity index (χ3v) is 11.4. The molecule has 53 heavy (non-hydrogen) atoms. The van der Waals surface area contributed by atoms with Crippen LogP contribution in [0.15, 0.2) is 162 Å². The molecule has 5 heterocycles. The minimum Gasteiger partial charge on any atom is -0.450 e. The van der Waals surface area contributed by atoms with Crippen molar-refractivity contribution in [1.82, 2.24) is 18.9 Å². The van der Waals surface area contributed by atoms with Crippen LogP contribution in [0, 0.1) is 0 Å². The fourth-order valence-electron chi connectivity index (χ4n) is 9.18. The van der Waals surface area contributed by atoms with E-state index in [0.717, 1.165) is 44.3 Å². The van der Waals surface area contributed by atoms with Gasteiger partial charge in [-0.2, -0.15) is 0 Å². The van der Waals surface area contributed by atoms with Crippen molar-refractivity contribution in [1.29, 1.82) is 0 Å². The zero-order valence-electron chi connectivity index (χ0n) is 28.2. The molecule has 0 saturated carbocycles. The molecule has 0 aliphatic rings. The normalized spacial score (nSPS) is 12.5. The lowest BCUT2D eigenvalue weighted by Gasteiger charge is -2.11. The van der Waals surface area contributed by atoms with E-state index in [4.69, 9.17) is 14.4 Å². The van der Waals surface area contributed by atoms with Gasteiger partial charge in [-0.3, -0.25) is 4.57 Å². The SMILES string of the molecule is c1ccc2cc(-c3nc(-n4c5ccccc5c5c6c7ccc8ccccc8c7n7c8ccccc8c(cc54)c67)c4oc5ccccc5c4n3)ccc2c1. The van der Waals surface area contributed by atoms with Gasteiger partial charge in [0.15, 0.2) is 17.2 Å². The molecule has 0 N–H and O–H groups in total. The van der Waals surface area contributed by atoms with Crippen LogP contribution in [0.2, 0.25) is 0 Å². The summed E-state index contributed by atoms with van der Waals surface area (Å²) in [6, 6.07) is 56.3. The number of hydrogen-bond donors (Lipinski definition) is 0. The Hall–Kier alpha value is -7.24. The zero-order valence-corrected chi connectivity index (χ0v) is 28.2. The van der Waals surface area contributed by atoms with Crippen LogP contribution in [0.25, 0.3) is 121 Å². The van der Waals surface area contributed by atoms with E-state index in [-0.39, 0.29) is 0 Å². The predicted molar refractivity (Wildman–Crippen MR) is 219 cm³/mol. The highest BCUT2D eigenvalue weighted by atomic mass is 16.3.